The molecule has 2 fully saturated rings. The molecule has 0 radical (unpaired) electrons. The second kappa shape index (κ2) is 7.27. The predicted molar refractivity (Wildman–Crippen MR) is 85.6 cm³/mol. The minimum absolute atomic E-state index is 0.0126. The fourth-order valence-corrected chi connectivity index (χ4v) is 3.19. The first-order valence-corrected chi connectivity index (χ1v) is 8.32. The second-order valence-electron chi connectivity index (χ2n) is 6.42. The minimum Gasteiger partial charge on any atom is -0.381 e. The van der Waals surface area contributed by atoms with Crippen LogP contribution in [-0.2, 0) is 9.47 Å². The van der Waals surface area contributed by atoms with E-state index < -0.39 is 0 Å². The summed E-state index contributed by atoms with van der Waals surface area (Å²) in [6.45, 7) is 5.57. The number of nitrogens with one attached hydrogen (secondary N) is 1. The fourth-order valence-electron chi connectivity index (χ4n) is 3.19. The Morgan fingerprint density at radius 2 is 2.13 bits per heavy atom. The molecule has 1 amide bonds. The largest absolute Gasteiger partial charge is 0.381 e. The van der Waals surface area contributed by atoms with Gasteiger partial charge in [0, 0.05) is 37.4 Å². The first kappa shape index (κ1) is 16.2. The van der Waals surface area contributed by atoms with Crippen LogP contribution >= 0.6 is 0 Å². The summed E-state index contributed by atoms with van der Waals surface area (Å²) >= 11 is 0. The zero-order valence-electron chi connectivity index (χ0n) is 13.5. The number of hydrogen-bond donors (Lipinski definition) is 1. The van der Waals surface area contributed by atoms with E-state index in [1.54, 1.807) is 13.0 Å². The van der Waals surface area contributed by atoms with Gasteiger partial charge in [0.25, 0.3) is 5.91 Å². The average molecular weight is 320 g/mol. The van der Waals surface area contributed by atoms with Crippen LogP contribution in [-0.4, -0.2) is 54.8 Å². The average Bonchev–Trinajstić information content (AvgIpc) is 3.06. The van der Waals surface area contributed by atoms with Crippen molar-refractivity contribution in [3.8, 4) is 0 Å². The van der Waals surface area contributed by atoms with E-state index in [9.17, 15) is 9.59 Å². The van der Waals surface area contributed by atoms with Gasteiger partial charge in [-0.25, -0.2) is 0 Å². The molecule has 1 N–H and O–H groups in total. The Hall–Kier alpha value is -1.66. The van der Waals surface area contributed by atoms with Gasteiger partial charge in [0.05, 0.1) is 24.9 Å². The lowest BCUT2D eigenvalue weighted by atomic mass is 10.1. The van der Waals surface area contributed by atoms with Crippen molar-refractivity contribution >= 4 is 5.91 Å². The third-order valence-electron chi connectivity index (χ3n) is 4.67. The second-order valence-corrected chi connectivity index (χ2v) is 6.42. The third-order valence-corrected chi connectivity index (χ3v) is 4.67. The summed E-state index contributed by atoms with van der Waals surface area (Å²) in [5.41, 5.74) is 1.02. The quantitative estimate of drug-likeness (QED) is 0.909. The number of carbonyl (C=O) groups is 1. The van der Waals surface area contributed by atoms with E-state index in [1.807, 2.05) is 4.90 Å². The van der Waals surface area contributed by atoms with Gasteiger partial charge in [0.1, 0.15) is 0 Å². The highest BCUT2D eigenvalue weighted by molar-refractivity contribution is 5.95. The summed E-state index contributed by atoms with van der Waals surface area (Å²) in [6.07, 6.45) is 3.04. The fraction of sp³-hybridized carbons (Fsp3) is 0.647. The highest BCUT2D eigenvalue weighted by atomic mass is 16.5. The molecule has 2 saturated heterocycles. The highest BCUT2D eigenvalue weighted by Crippen LogP contribution is 2.19. The van der Waals surface area contributed by atoms with Crippen molar-refractivity contribution in [3.05, 3.63) is 33.7 Å². The van der Waals surface area contributed by atoms with Crippen LogP contribution in [0.5, 0.6) is 0 Å². The Kier molecular flexibility index (Phi) is 5.13. The molecular weight excluding hydrogens is 296 g/mol. The van der Waals surface area contributed by atoms with Crippen molar-refractivity contribution in [3.63, 3.8) is 0 Å². The zero-order valence-corrected chi connectivity index (χ0v) is 13.5. The van der Waals surface area contributed by atoms with Crippen molar-refractivity contribution in [2.75, 3.05) is 32.9 Å². The van der Waals surface area contributed by atoms with Crippen LogP contribution < -0.4 is 5.56 Å². The van der Waals surface area contributed by atoms with E-state index in [-0.39, 0.29) is 17.6 Å². The summed E-state index contributed by atoms with van der Waals surface area (Å²) in [6, 6.07) is 3.01. The molecule has 1 atom stereocenters. The summed E-state index contributed by atoms with van der Waals surface area (Å²) < 4.78 is 11.3. The SMILES string of the molecule is Cc1[nH]c(=O)ccc1C(=O)N1CCC(OCC2CCOC2)CC1. The molecule has 2 aliphatic rings. The Labute approximate surface area is 135 Å². The van der Waals surface area contributed by atoms with E-state index in [4.69, 9.17) is 9.47 Å². The molecule has 1 aromatic heterocycles. The molecule has 0 aliphatic carbocycles. The van der Waals surface area contributed by atoms with E-state index in [2.05, 4.69) is 4.98 Å². The molecular formula is C17H24N2O4. The van der Waals surface area contributed by atoms with Crippen molar-refractivity contribution in [1.82, 2.24) is 9.88 Å². The number of hydrogen-bond acceptors (Lipinski definition) is 4. The molecule has 2 aliphatic heterocycles. The van der Waals surface area contributed by atoms with Crippen molar-refractivity contribution in [1.29, 1.82) is 0 Å². The number of pyridine rings is 1. The van der Waals surface area contributed by atoms with Crippen LogP contribution in [0.15, 0.2) is 16.9 Å². The van der Waals surface area contributed by atoms with Crippen molar-refractivity contribution in [2.24, 2.45) is 5.92 Å². The molecule has 1 aromatic rings. The number of likely N-dealkylation sites (tertiary alicyclic amines) is 1. The molecule has 6 heteroatoms. The molecule has 23 heavy (non-hydrogen) atoms. The number of aromatic nitrogens is 1. The molecule has 0 spiro atoms. The van der Waals surface area contributed by atoms with Crippen LogP contribution in [0, 0.1) is 12.8 Å². The zero-order chi connectivity index (χ0) is 16.2. The molecule has 0 aromatic carbocycles. The van der Waals surface area contributed by atoms with Crippen LogP contribution in [0.3, 0.4) is 0 Å². The topological polar surface area (TPSA) is 71.6 Å². The molecule has 3 heterocycles. The molecule has 0 saturated carbocycles. The molecule has 0 bridgehead atoms. The first-order valence-electron chi connectivity index (χ1n) is 8.32. The highest BCUT2D eigenvalue weighted by Gasteiger charge is 2.26. The Balaban J connectivity index is 1.49. The maximum absolute atomic E-state index is 12.6. The number of aryl methyl sites for hydroxylation is 1. The van der Waals surface area contributed by atoms with Gasteiger partial charge in [-0.05, 0) is 32.3 Å². The van der Waals surface area contributed by atoms with Crippen molar-refractivity contribution in [2.45, 2.75) is 32.3 Å². The Bertz CT molecular complexity index is 599. The van der Waals surface area contributed by atoms with Gasteiger partial charge in [0.15, 0.2) is 0 Å². The van der Waals surface area contributed by atoms with Gasteiger partial charge in [-0.15, -0.1) is 0 Å². The lowest BCUT2D eigenvalue weighted by Crippen LogP contribution is -2.41. The molecule has 126 valence electrons. The van der Waals surface area contributed by atoms with E-state index in [0.717, 1.165) is 39.1 Å². The van der Waals surface area contributed by atoms with Gasteiger partial charge in [0.2, 0.25) is 5.56 Å². The smallest absolute Gasteiger partial charge is 0.255 e. The number of amides is 1. The van der Waals surface area contributed by atoms with E-state index in [1.165, 1.54) is 6.07 Å². The molecule has 3 rings (SSSR count). The number of rotatable bonds is 4. The number of aromatic amines is 1. The van der Waals surface area contributed by atoms with E-state index in [0.29, 0.717) is 30.3 Å². The van der Waals surface area contributed by atoms with Crippen LogP contribution in [0.25, 0.3) is 0 Å². The van der Waals surface area contributed by atoms with Gasteiger partial charge < -0.3 is 19.4 Å². The molecule has 6 nitrogen and oxygen atoms in total. The first-order chi connectivity index (χ1) is 11.1. The molecule has 1 unspecified atom stereocenters. The Morgan fingerprint density at radius 3 is 2.78 bits per heavy atom. The summed E-state index contributed by atoms with van der Waals surface area (Å²) in [5, 5.41) is 0. The summed E-state index contributed by atoms with van der Waals surface area (Å²) in [5.74, 6) is 0.514. The summed E-state index contributed by atoms with van der Waals surface area (Å²) in [4.78, 5) is 28.3. The number of ether oxygens (including phenoxy) is 2. The number of H-pyrrole nitrogens is 1. The summed E-state index contributed by atoms with van der Waals surface area (Å²) in [7, 11) is 0. The number of nitrogens with zero attached hydrogens (tertiary/aromatic N) is 1. The van der Waals surface area contributed by atoms with Crippen LogP contribution in [0.1, 0.15) is 35.3 Å². The van der Waals surface area contributed by atoms with Crippen LogP contribution in [0.2, 0.25) is 0 Å². The minimum atomic E-state index is -0.179. The maximum atomic E-state index is 12.6. The standard InChI is InChI=1S/C17H24N2O4/c1-12-15(2-3-16(20)18-12)17(21)19-7-4-14(5-8-19)23-11-13-6-9-22-10-13/h2-3,13-14H,4-11H2,1H3,(H,18,20). The predicted octanol–water partition coefficient (Wildman–Crippen LogP) is 1.34. The van der Waals surface area contributed by atoms with Gasteiger partial charge >= 0.3 is 0 Å². The number of piperidine rings is 1. The van der Waals surface area contributed by atoms with Gasteiger partial charge in [-0.2, -0.15) is 0 Å². The van der Waals surface area contributed by atoms with Gasteiger partial charge in [-0.3, -0.25) is 9.59 Å². The monoisotopic (exact) mass is 320 g/mol. The number of carbonyl (C=O) groups excluding carboxylic acids is 1. The Morgan fingerprint density at radius 1 is 1.35 bits per heavy atom. The van der Waals surface area contributed by atoms with E-state index >= 15 is 0 Å². The van der Waals surface area contributed by atoms with Crippen molar-refractivity contribution < 1.29 is 14.3 Å². The third kappa shape index (κ3) is 4.00. The lowest BCUT2D eigenvalue weighted by Gasteiger charge is -2.32. The maximum Gasteiger partial charge on any atom is 0.255 e. The van der Waals surface area contributed by atoms with Crippen LogP contribution in [0.4, 0.5) is 0 Å². The lowest BCUT2D eigenvalue weighted by molar-refractivity contribution is -0.00795. The normalized spacial score (nSPS) is 22.5. The van der Waals surface area contributed by atoms with Gasteiger partial charge in [-0.1, -0.05) is 0 Å².